The molecule has 0 spiro atoms. The number of carboxylic acids is 1. The van der Waals surface area contributed by atoms with Gasteiger partial charge in [-0.15, -0.1) is 0 Å². The maximum atomic E-state index is 10.7. The molecule has 0 heterocycles. The standard InChI is InChI=1S/C11H15NO3/c1-2-10(11(13)14)15-9-5-3-4-8(6-9)7-12/h3-6,10H,2,7,12H2,1H3,(H,13,14). The van der Waals surface area contributed by atoms with Gasteiger partial charge in [-0.25, -0.2) is 4.79 Å². The Kier molecular flexibility index (Phi) is 4.12. The molecule has 15 heavy (non-hydrogen) atoms. The SMILES string of the molecule is CCC(Oc1cccc(CN)c1)C(=O)O. The van der Waals surface area contributed by atoms with E-state index in [-0.39, 0.29) is 0 Å². The van der Waals surface area contributed by atoms with Gasteiger partial charge in [-0.3, -0.25) is 0 Å². The van der Waals surface area contributed by atoms with Crippen LogP contribution in [0.5, 0.6) is 5.75 Å². The minimum atomic E-state index is -0.948. The lowest BCUT2D eigenvalue weighted by molar-refractivity contribution is -0.145. The first-order chi connectivity index (χ1) is 7.17. The quantitative estimate of drug-likeness (QED) is 0.768. The summed E-state index contributed by atoms with van der Waals surface area (Å²) in [6, 6.07) is 7.15. The van der Waals surface area contributed by atoms with Crippen molar-refractivity contribution in [3.05, 3.63) is 29.8 Å². The zero-order chi connectivity index (χ0) is 11.3. The van der Waals surface area contributed by atoms with E-state index in [0.717, 1.165) is 5.56 Å². The summed E-state index contributed by atoms with van der Waals surface area (Å²) >= 11 is 0. The van der Waals surface area contributed by atoms with Crippen LogP contribution in [-0.4, -0.2) is 17.2 Å². The number of nitrogens with two attached hydrogens (primary N) is 1. The van der Waals surface area contributed by atoms with Crippen LogP contribution < -0.4 is 10.5 Å². The zero-order valence-corrected chi connectivity index (χ0v) is 8.64. The Bertz CT molecular complexity index is 338. The minimum absolute atomic E-state index is 0.418. The molecule has 1 aromatic rings. The van der Waals surface area contributed by atoms with E-state index in [0.29, 0.717) is 18.7 Å². The molecule has 1 unspecified atom stereocenters. The van der Waals surface area contributed by atoms with Gasteiger partial charge in [0.2, 0.25) is 0 Å². The second-order valence-electron chi connectivity index (χ2n) is 3.20. The van der Waals surface area contributed by atoms with Gasteiger partial charge in [0, 0.05) is 6.54 Å². The highest BCUT2D eigenvalue weighted by Gasteiger charge is 2.16. The molecule has 0 bridgehead atoms. The molecule has 0 amide bonds. The monoisotopic (exact) mass is 209 g/mol. The van der Waals surface area contributed by atoms with E-state index < -0.39 is 12.1 Å². The van der Waals surface area contributed by atoms with Gasteiger partial charge in [0.15, 0.2) is 6.10 Å². The molecule has 1 rings (SSSR count). The highest BCUT2D eigenvalue weighted by Crippen LogP contribution is 2.15. The fraction of sp³-hybridized carbons (Fsp3) is 0.364. The number of aliphatic carboxylic acids is 1. The van der Waals surface area contributed by atoms with E-state index in [4.69, 9.17) is 15.6 Å². The summed E-state index contributed by atoms with van der Waals surface area (Å²) < 4.78 is 5.31. The van der Waals surface area contributed by atoms with Crippen LogP contribution in [0, 0.1) is 0 Å². The van der Waals surface area contributed by atoms with Crippen LogP contribution in [0.2, 0.25) is 0 Å². The topological polar surface area (TPSA) is 72.5 Å². The molecule has 1 atom stereocenters. The lowest BCUT2D eigenvalue weighted by Crippen LogP contribution is -2.25. The molecule has 0 fully saturated rings. The summed E-state index contributed by atoms with van der Waals surface area (Å²) in [5.74, 6) is -0.400. The molecular formula is C11H15NO3. The molecule has 0 saturated carbocycles. The molecule has 4 heteroatoms. The van der Waals surface area contributed by atoms with Gasteiger partial charge >= 0.3 is 5.97 Å². The Hall–Kier alpha value is -1.55. The third-order valence-corrected chi connectivity index (χ3v) is 2.06. The average molecular weight is 209 g/mol. The Morgan fingerprint density at radius 2 is 2.33 bits per heavy atom. The third kappa shape index (κ3) is 3.25. The highest BCUT2D eigenvalue weighted by molar-refractivity contribution is 5.72. The molecule has 82 valence electrons. The summed E-state index contributed by atoms with van der Waals surface area (Å²) in [6.45, 7) is 2.19. The van der Waals surface area contributed by atoms with Crippen molar-refractivity contribution in [3.8, 4) is 5.75 Å². The van der Waals surface area contributed by atoms with Crippen LogP contribution in [0.15, 0.2) is 24.3 Å². The average Bonchev–Trinajstić information content (AvgIpc) is 2.25. The van der Waals surface area contributed by atoms with Gasteiger partial charge in [-0.2, -0.15) is 0 Å². The third-order valence-electron chi connectivity index (χ3n) is 2.06. The van der Waals surface area contributed by atoms with Crippen LogP contribution in [0.3, 0.4) is 0 Å². The lowest BCUT2D eigenvalue weighted by Gasteiger charge is -2.13. The predicted octanol–water partition coefficient (Wildman–Crippen LogP) is 1.39. The van der Waals surface area contributed by atoms with Gasteiger partial charge in [0.25, 0.3) is 0 Å². The van der Waals surface area contributed by atoms with E-state index in [1.54, 1.807) is 25.1 Å². The van der Waals surface area contributed by atoms with Gasteiger partial charge < -0.3 is 15.6 Å². The first kappa shape index (κ1) is 11.5. The smallest absolute Gasteiger partial charge is 0.344 e. The molecular weight excluding hydrogens is 194 g/mol. The summed E-state index contributed by atoms with van der Waals surface area (Å²) in [4.78, 5) is 10.7. The van der Waals surface area contributed by atoms with Crippen molar-refractivity contribution in [3.63, 3.8) is 0 Å². The van der Waals surface area contributed by atoms with E-state index in [1.807, 2.05) is 6.07 Å². The first-order valence-electron chi connectivity index (χ1n) is 4.85. The second-order valence-corrected chi connectivity index (χ2v) is 3.20. The van der Waals surface area contributed by atoms with E-state index in [1.165, 1.54) is 0 Å². The van der Waals surface area contributed by atoms with Gasteiger partial charge in [0.1, 0.15) is 5.75 Å². The normalized spacial score (nSPS) is 12.1. The number of ether oxygens (including phenoxy) is 1. The van der Waals surface area contributed by atoms with Crippen molar-refractivity contribution in [2.45, 2.75) is 26.0 Å². The molecule has 0 radical (unpaired) electrons. The van der Waals surface area contributed by atoms with Crippen molar-refractivity contribution in [1.82, 2.24) is 0 Å². The number of rotatable bonds is 5. The number of carbonyl (C=O) groups is 1. The van der Waals surface area contributed by atoms with Crippen molar-refractivity contribution < 1.29 is 14.6 Å². The predicted molar refractivity (Wildman–Crippen MR) is 56.7 cm³/mol. The van der Waals surface area contributed by atoms with Crippen LogP contribution in [0.1, 0.15) is 18.9 Å². The van der Waals surface area contributed by atoms with E-state index in [2.05, 4.69) is 0 Å². The van der Waals surface area contributed by atoms with Crippen LogP contribution in [-0.2, 0) is 11.3 Å². The van der Waals surface area contributed by atoms with Crippen LogP contribution >= 0.6 is 0 Å². The fourth-order valence-electron chi connectivity index (χ4n) is 1.22. The Balaban J connectivity index is 2.74. The number of hydrogen-bond acceptors (Lipinski definition) is 3. The fourth-order valence-corrected chi connectivity index (χ4v) is 1.22. The van der Waals surface area contributed by atoms with Crippen molar-refractivity contribution in [2.75, 3.05) is 0 Å². The molecule has 0 aliphatic rings. The Labute approximate surface area is 88.7 Å². The molecule has 0 aromatic heterocycles. The van der Waals surface area contributed by atoms with E-state index in [9.17, 15) is 4.79 Å². The molecule has 0 saturated heterocycles. The summed E-state index contributed by atoms with van der Waals surface area (Å²) in [5.41, 5.74) is 6.39. The lowest BCUT2D eigenvalue weighted by atomic mass is 10.2. The zero-order valence-electron chi connectivity index (χ0n) is 8.64. The van der Waals surface area contributed by atoms with Crippen molar-refractivity contribution in [1.29, 1.82) is 0 Å². The molecule has 4 nitrogen and oxygen atoms in total. The van der Waals surface area contributed by atoms with Crippen molar-refractivity contribution >= 4 is 5.97 Å². The van der Waals surface area contributed by atoms with Gasteiger partial charge in [0.05, 0.1) is 0 Å². The molecule has 3 N–H and O–H groups in total. The second kappa shape index (κ2) is 5.36. The Morgan fingerprint density at radius 1 is 1.60 bits per heavy atom. The maximum Gasteiger partial charge on any atom is 0.344 e. The number of carboxylic acid groups (broad SMARTS) is 1. The van der Waals surface area contributed by atoms with Gasteiger partial charge in [-0.1, -0.05) is 19.1 Å². The van der Waals surface area contributed by atoms with Crippen LogP contribution in [0.25, 0.3) is 0 Å². The largest absolute Gasteiger partial charge is 0.479 e. The molecule has 0 aliphatic carbocycles. The Morgan fingerprint density at radius 3 is 2.87 bits per heavy atom. The molecule has 0 aliphatic heterocycles. The summed E-state index contributed by atoms with van der Waals surface area (Å²) in [6.07, 6.45) is -0.361. The van der Waals surface area contributed by atoms with E-state index >= 15 is 0 Å². The molecule has 1 aromatic carbocycles. The van der Waals surface area contributed by atoms with Crippen LogP contribution in [0.4, 0.5) is 0 Å². The van der Waals surface area contributed by atoms with Crippen molar-refractivity contribution in [2.24, 2.45) is 5.73 Å². The van der Waals surface area contributed by atoms with Gasteiger partial charge in [-0.05, 0) is 24.1 Å². The summed E-state index contributed by atoms with van der Waals surface area (Å²) in [7, 11) is 0. The number of hydrogen-bond donors (Lipinski definition) is 2. The first-order valence-corrected chi connectivity index (χ1v) is 4.85. The number of benzene rings is 1. The minimum Gasteiger partial charge on any atom is -0.479 e. The summed E-state index contributed by atoms with van der Waals surface area (Å²) in [5, 5.41) is 8.81. The highest BCUT2D eigenvalue weighted by atomic mass is 16.5. The maximum absolute atomic E-state index is 10.7.